The van der Waals surface area contributed by atoms with Crippen molar-refractivity contribution in [3.05, 3.63) is 28.5 Å². The smallest absolute Gasteiger partial charge is 0.242 e. The molecule has 1 N–H and O–H groups in total. The molecule has 2 fully saturated rings. The first-order chi connectivity index (χ1) is 12.4. The largest absolute Gasteiger partial charge is 0.374 e. The van der Waals surface area contributed by atoms with Crippen molar-refractivity contribution in [3.8, 4) is 0 Å². The van der Waals surface area contributed by atoms with Crippen LogP contribution >= 0.6 is 15.9 Å². The number of amides is 1. The average Bonchev–Trinajstić information content (AvgIpc) is 2.95. The zero-order valence-corrected chi connectivity index (χ0v) is 17.0. The van der Waals surface area contributed by atoms with E-state index in [1.165, 1.54) is 6.07 Å². The van der Waals surface area contributed by atoms with E-state index in [4.69, 9.17) is 0 Å². The van der Waals surface area contributed by atoms with Crippen LogP contribution in [0.4, 0.5) is 10.1 Å². The van der Waals surface area contributed by atoms with Gasteiger partial charge in [-0.25, -0.2) is 12.8 Å². The molecule has 0 spiro atoms. The van der Waals surface area contributed by atoms with Gasteiger partial charge in [-0.15, -0.1) is 0 Å². The quantitative estimate of drug-likeness (QED) is 0.752. The maximum atomic E-state index is 14.0. The summed E-state index contributed by atoms with van der Waals surface area (Å²) in [5, 5.41) is 2.87. The standard InChI is InChI=1S/C18H24BrFN2O3S/c19-13-6-7-17(16(20)10-13)21-11-18(23)22(14-4-2-1-3-5-14)15-8-9-26(24,25)12-15/h6-7,10,14-15,21H,1-5,8-9,11-12H2. The summed E-state index contributed by atoms with van der Waals surface area (Å²) in [7, 11) is -3.07. The molecule has 1 saturated heterocycles. The van der Waals surface area contributed by atoms with Crippen LogP contribution in [0.1, 0.15) is 38.5 Å². The zero-order valence-electron chi connectivity index (χ0n) is 14.6. The molecule has 1 aliphatic carbocycles. The molecule has 0 aromatic heterocycles. The van der Waals surface area contributed by atoms with Gasteiger partial charge >= 0.3 is 0 Å². The number of halogens is 2. The summed E-state index contributed by atoms with van der Waals surface area (Å²) >= 11 is 3.21. The lowest BCUT2D eigenvalue weighted by Gasteiger charge is -2.38. The lowest BCUT2D eigenvalue weighted by atomic mass is 9.93. The minimum Gasteiger partial charge on any atom is -0.374 e. The molecule has 144 valence electrons. The summed E-state index contributed by atoms with van der Waals surface area (Å²) in [5.74, 6) is -0.397. The maximum absolute atomic E-state index is 14.0. The van der Waals surface area contributed by atoms with Crippen molar-refractivity contribution in [2.75, 3.05) is 23.4 Å². The van der Waals surface area contributed by atoms with Gasteiger partial charge in [0.25, 0.3) is 0 Å². The molecular formula is C18H24BrFN2O3S. The first-order valence-corrected chi connectivity index (χ1v) is 11.7. The maximum Gasteiger partial charge on any atom is 0.242 e. The first kappa shape index (κ1) is 19.6. The second-order valence-electron chi connectivity index (χ2n) is 7.13. The summed E-state index contributed by atoms with van der Waals surface area (Å²) in [6.07, 6.45) is 5.59. The molecule has 1 unspecified atom stereocenters. The third-order valence-corrected chi connectivity index (χ3v) is 7.46. The predicted octanol–water partition coefficient (Wildman–Crippen LogP) is 3.35. The highest BCUT2D eigenvalue weighted by molar-refractivity contribution is 9.10. The summed E-state index contributed by atoms with van der Waals surface area (Å²) in [6.45, 7) is -0.0361. The Morgan fingerprint density at radius 1 is 1.19 bits per heavy atom. The number of rotatable bonds is 5. The van der Waals surface area contributed by atoms with E-state index in [1.54, 1.807) is 17.0 Å². The number of hydrogen-bond acceptors (Lipinski definition) is 4. The second-order valence-corrected chi connectivity index (χ2v) is 10.3. The van der Waals surface area contributed by atoms with Crippen LogP contribution in [0, 0.1) is 5.82 Å². The number of sulfone groups is 1. The number of benzene rings is 1. The third kappa shape index (κ3) is 4.76. The molecular weight excluding hydrogens is 423 g/mol. The Hall–Kier alpha value is -1.15. The van der Waals surface area contributed by atoms with Crippen molar-refractivity contribution >= 4 is 37.4 Å². The molecule has 1 aliphatic heterocycles. The molecule has 0 radical (unpaired) electrons. The monoisotopic (exact) mass is 446 g/mol. The van der Waals surface area contributed by atoms with E-state index < -0.39 is 15.7 Å². The van der Waals surface area contributed by atoms with Crippen LogP contribution in [0.2, 0.25) is 0 Å². The molecule has 0 bridgehead atoms. The van der Waals surface area contributed by atoms with Crippen molar-refractivity contribution in [2.45, 2.75) is 50.6 Å². The topological polar surface area (TPSA) is 66.5 Å². The number of carbonyl (C=O) groups excluding carboxylic acids is 1. The van der Waals surface area contributed by atoms with Gasteiger partial charge in [-0.05, 0) is 37.5 Å². The number of anilines is 1. The third-order valence-electron chi connectivity index (χ3n) is 5.22. The Kier molecular flexibility index (Phi) is 6.22. The van der Waals surface area contributed by atoms with E-state index in [2.05, 4.69) is 21.2 Å². The number of hydrogen-bond donors (Lipinski definition) is 1. The van der Waals surface area contributed by atoms with Crippen molar-refractivity contribution in [1.29, 1.82) is 0 Å². The molecule has 2 aliphatic rings. The van der Waals surface area contributed by atoms with Crippen molar-refractivity contribution in [2.24, 2.45) is 0 Å². The Morgan fingerprint density at radius 2 is 1.92 bits per heavy atom. The van der Waals surface area contributed by atoms with Crippen molar-refractivity contribution in [3.63, 3.8) is 0 Å². The van der Waals surface area contributed by atoms with Crippen LogP contribution in [0.25, 0.3) is 0 Å². The van der Waals surface area contributed by atoms with Gasteiger partial charge in [0, 0.05) is 16.6 Å². The fraction of sp³-hybridized carbons (Fsp3) is 0.611. The van der Waals surface area contributed by atoms with E-state index in [-0.39, 0.29) is 41.7 Å². The summed E-state index contributed by atoms with van der Waals surface area (Å²) < 4.78 is 38.4. The summed E-state index contributed by atoms with van der Waals surface area (Å²) in [5.41, 5.74) is 0.268. The molecule has 1 heterocycles. The fourth-order valence-electron chi connectivity index (χ4n) is 3.95. The fourth-order valence-corrected chi connectivity index (χ4v) is 6.00. The number of nitrogens with zero attached hydrogens (tertiary/aromatic N) is 1. The molecule has 1 saturated carbocycles. The lowest BCUT2D eigenvalue weighted by molar-refractivity contribution is -0.134. The molecule has 26 heavy (non-hydrogen) atoms. The zero-order chi connectivity index (χ0) is 18.7. The number of carbonyl (C=O) groups is 1. The minimum absolute atomic E-state index is 0.0361. The Balaban J connectivity index is 1.71. The van der Waals surface area contributed by atoms with Gasteiger partial charge in [0.15, 0.2) is 9.84 Å². The van der Waals surface area contributed by atoms with E-state index in [0.29, 0.717) is 10.9 Å². The van der Waals surface area contributed by atoms with Gasteiger partial charge in [0.05, 0.1) is 23.7 Å². The van der Waals surface area contributed by atoms with Crippen LogP contribution in [0.15, 0.2) is 22.7 Å². The first-order valence-electron chi connectivity index (χ1n) is 9.06. The van der Waals surface area contributed by atoms with Gasteiger partial charge in [-0.1, -0.05) is 35.2 Å². The van der Waals surface area contributed by atoms with Crippen LogP contribution in [0.5, 0.6) is 0 Å². The second kappa shape index (κ2) is 8.25. The van der Waals surface area contributed by atoms with Crippen LogP contribution in [-0.2, 0) is 14.6 Å². The highest BCUT2D eigenvalue weighted by Crippen LogP contribution is 2.28. The Labute approximate surface area is 162 Å². The van der Waals surface area contributed by atoms with E-state index >= 15 is 0 Å². The molecule has 1 aromatic carbocycles. The van der Waals surface area contributed by atoms with Gasteiger partial charge in [-0.3, -0.25) is 4.79 Å². The normalized spacial score (nSPS) is 22.9. The van der Waals surface area contributed by atoms with E-state index in [1.807, 2.05) is 0 Å². The van der Waals surface area contributed by atoms with Crippen LogP contribution < -0.4 is 5.32 Å². The van der Waals surface area contributed by atoms with Gasteiger partial charge < -0.3 is 10.2 Å². The van der Waals surface area contributed by atoms with Gasteiger partial charge in [0.1, 0.15) is 5.82 Å². The Morgan fingerprint density at radius 3 is 2.54 bits per heavy atom. The molecule has 5 nitrogen and oxygen atoms in total. The van der Waals surface area contributed by atoms with Gasteiger partial charge in [-0.2, -0.15) is 0 Å². The van der Waals surface area contributed by atoms with Crippen LogP contribution in [-0.4, -0.2) is 49.4 Å². The molecule has 1 amide bonds. The Bertz CT molecular complexity index is 766. The predicted molar refractivity (Wildman–Crippen MR) is 103 cm³/mol. The minimum atomic E-state index is -3.07. The molecule has 1 aromatic rings. The van der Waals surface area contributed by atoms with Gasteiger partial charge in [0.2, 0.25) is 5.91 Å². The van der Waals surface area contributed by atoms with Crippen LogP contribution in [0.3, 0.4) is 0 Å². The average molecular weight is 447 g/mol. The highest BCUT2D eigenvalue weighted by Gasteiger charge is 2.38. The molecule has 3 rings (SSSR count). The SMILES string of the molecule is O=C(CNc1ccc(Br)cc1F)N(C1CCCCC1)C1CCS(=O)(=O)C1. The molecule has 8 heteroatoms. The van der Waals surface area contributed by atoms with E-state index in [0.717, 1.165) is 32.1 Å². The van der Waals surface area contributed by atoms with E-state index in [9.17, 15) is 17.6 Å². The highest BCUT2D eigenvalue weighted by atomic mass is 79.9. The summed E-state index contributed by atoms with van der Waals surface area (Å²) in [4.78, 5) is 14.7. The molecule has 1 atom stereocenters. The summed E-state index contributed by atoms with van der Waals surface area (Å²) in [6, 6.07) is 4.46. The van der Waals surface area contributed by atoms with Crippen molar-refractivity contribution < 1.29 is 17.6 Å². The lowest BCUT2D eigenvalue weighted by Crippen LogP contribution is -2.50. The van der Waals surface area contributed by atoms with Crippen molar-refractivity contribution in [1.82, 2.24) is 4.90 Å². The number of nitrogens with one attached hydrogen (secondary N) is 1.